The third-order valence-corrected chi connectivity index (χ3v) is 2.21. The first-order valence-electron chi connectivity index (χ1n) is 5.07. The number of pyridine rings is 1. The summed E-state index contributed by atoms with van der Waals surface area (Å²) in [5.41, 5.74) is 0.600. The molecule has 0 fully saturated rings. The molecular formula is C11H16N4. The number of hydrogen-bond donors (Lipinski definition) is 1. The van der Waals surface area contributed by atoms with Crippen LogP contribution in [0.1, 0.15) is 12.5 Å². The summed E-state index contributed by atoms with van der Waals surface area (Å²) in [5.74, 6) is 0.923. The van der Waals surface area contributed by atoms with Crippen molar-refractivity contribution in [3.05, 3.63) is 23.9 Å². The van der Waals surface area contributed by atoms with Crippen molar-refractivity contribution in [3.8, 4) is 6.07 Å². The Morgan fingerprint density at radius 2 is 2.33 bits per heavy atom. The standard InChI is InChI=1S/C11H16N4/c1-3-15(7-6-13-2)11-5-4-10(8-12)9-14-11/h4-5,9,13H,3,6-7H2,1-2H3. The van der Waals surface area contributed by atoms with Gasteiger partial charge in [0.15, 0.2) is 0 Å². The molecule has 0 unspecified atom stereocenters. The lowest BCUT2D eigenvalue weighted by molar-refractivity contribution is 0.729. The number of likely N-dealkylation sites (N-methyl/N-ethyl adjacent to an activating group) is 2. The molecule has 1 rings (SSSR count). The van der Waals surface area contributed by atoms with E-state index in [0.29, 0.717) is 5.56 Å². The minimum atomic E-state index is 0.600. The Labute approximate surface area is 90.5 Å². The van der Waals surface area contributed by atoms with E-state index >= 15 is 0 Å². The molecule has 0 spiro atoms. The molecular weight excluding hydrogens is 188 g/mol. The van der Waals surface area contributed by atoms with Gasteiger partial charge in [-0.1, -0.05) is 0 Å². The smallest absolute Gasteiger partial charge is 0.128 e. The van der Waals surface area contributed by atoms with Crippen molar-refractivity contribution in [2.24, 2.45) is 0 Å². The molecule has 0 aliphatic heterocycles. The van der Waals surface area contributed by atoms with Crippen LogP contribution in [0.4, 0.5) is 5.82 Å². The molecule has 0 atom stereocenters. The zero-order valence-electron chi connectivity index (χ0n) is 9.20. The predicted octanol–water partition coefficient (Wildman–Crippen LogP) is 0.999. The van der Waals surface area contributed by atoms with Crippen LogP contribution >= 0.6 is 0 Å². The van der Waals surface area contributed by atoms with E-state index in [9.17, 15) is 0 Å². The summed E-state index contributed by atoms with van der Waals surface area (Å²) in [6.07, 6.45) is 1.61. The first kappa shape index (κ1) is 11.5. The summed E-state index contributed by atoms with van der Waals surface area (Å²) in [6.45, 7) is 4.86. The van der Waals surface area contributed by atoms with Crippen LogP contribution in [0.2, 0.25) is 0 Å². The summed E-state index contributed by atoms with van der Waals surface area (Å²) < 4.78 is 0. The van der Waals surface area contributed by atoms with E-state index in [1.54, 1.807) is 12.3 Å². The lowest BCUT2D eigenvalue weighted by Gasteiger charge is -2.21. The predicted molar refractivity (Wildman–Crippen MR) is 60.8 cm³/mol. The molecule has 0 aliphatic rings. The highest BCUT2D eigenvalue weighted by molar-refractivity contribution is 5.41. The maximum atomic E-state index is 8.65. The van der Waals surface area contributed by atoms with Crippen molar-refractivity contribution in [1.29, 1.82) is 5.26 Å². The number of anilines is 1. The van der Waals surface area contributed by atoms with E-state index in [-0.39, 0.29) is 0 Å². The Morgan fingerprint density at radius 3 is 2.80 bits per heavy atom. The van der Waals surface area contributed by atoms with E-state index in [4.69, 9.17) is 5.26 Å². The number of nitrogens with zero attached hydrogens (tertiary/aromatic N) is 3. The highest BCUT2D eigenvalue weighted by atomic mass is 15.2. The quantitative estimate of drug-likeness (QED) is 0.777. The fraction of sp³-hybridized carbons (Fsp3) is 0.455. The molecule has 0 aromatic carbocycles. The van der Waals surface area contributed by atoms with Gasteiger partial charge in [0.05, 0.1) is 5.56 Å². The molecule has 4 nitrogen and oxygen atoms in total. The van der Waals surface area contributed by atoms with E-state index in [2.05, 4.69) is 28.2 Å². The van der Waals surface area contributed by atoms with Crippen molar-refractivity contribution < 1.29 is 0 Å². The first-order valence-corrected chi connectivity index (χ1v) is 5.07. The molecule has 1 heterocycles. The molecule has 0 bridgehead atoms. The maximum absolute atomic E-state index is 8.65. The van der Waals surface area contributed by atoms with E-state index < -0.39 is 0 Å². The largest absolute Gasteiger partial charge is 0.356 e. The molecule has 0 radical (unpaired) electrons. The minimum absolute atomic E-state index is 0.600. The number of nitrogens with one attached hydrogen (secondary N) is 1. The maximum Gasteiger partial charge on any atom is 0.128 e. The lowest BCUT2D eigenvalue weighted by atomic mass is 10.3. The van der Waals surface area contributed by atoms with Gasteiger partial charge in [0, 0.05) is 25.8 Å². The van der Waals surface area contributed by atoms with Crippen molar-refractivity contribution in [1.82, 2.24) is 10.3 Å². The molecule has 0 saturated carbocycles. The van der Waals surface area contributed by atoms with Gasteiger partial charge in [-0.05, 0) is 26.1 Å². The summed E-state index contributed by atoms with van der Waals surface area (Å²) in [4.78, 5) is 6.41. The van der Waals surface area contributed by atoms with Gasteiger partial charge >= 0.3 is 0 Å². The van der Waals surface area contributed by atoms with Crippen LogP contribution in [0.15, 0.2) is 18.3 Å². The fourth-order valence-electron chi connectivity index (χ4n) is 1.32. The average molecular weight is 204 g/mol. The van der Waals surface area contributed by atoms with E-state index in [1.165, 1.54) is 0 Å². The molecule has 80 valence electrons. The van der Waals surface area contributed by atoms with Crippen molar-refractivity contribution in [2.45, 2.75) is 6.92 Å². The number of aromatic nitrogens is 1. The summed E-state index contributed by atoms with van der Waals surface area (Å²) >= 11 is 0. The Morgan fingerprint density at radius 1 is 1.53 bits per heavy atom. The Kier molecular flexibility index (Phi) is 4.58. The van der Waals surface area contributed by atoms with Crippen LogP contribution in [0.25, 0.3) is 0 Å². The lowest BCUT2D eigenvalue weighted by Crippen LogP contribution is -2.31. The van der Waals surface area contributed by atoms with Gasteiger partial charge in [-0.15, -0.1) is 0 Å². The molecule has 1 N–H and O–H groups in total. The summed E-state index contributed by atoms with van der Waals surface area (Å²) in [7, 11) is 1.93. The highest BCUT2D eigenvalue weighted by Gasteiger charge is 2.04. The molecule has 0 amide bonds. The van der Waals surface area contributed by atoms with Crippen molar-refractivity contribution in [3.63, 3.8) is 0 Å². The summed E-state index contributed by atoms with van der Waals surface area (Å²) in [5, 5.41) is 11.8. The number of hydrogen-bond acceptors (Lipinski definition) is 4. The minimum Gasteiger partial charge on any atom is -0.356 e. The second kappa shape index (κ2) is 5.99. The Bertz CT molecular complexity index is 325. The fourth-order valence-corrected chi connectivity index (χ4v) is 1.32. The van der Waals surface area contributed by atoms with Crippen LogP contribution in [0, 0.1) is 11.3 Å². The zero-order valence-corrected chi connectivity index (χ0v) is 9.20. The van der Waals surface area contributed by atoms with E-state index in [0.717, 1.165) is 25.5 Å². The van der Waals surface area contributed by atoms with Gasteiger partial charge in [-0.2, -0.15) is 5.26 Å². The highest BCUT2D eigenvalue weighted by Crippen LogP contribution is 2.09. The second-order valence-corrected chi connectivity index (χ2v) is 3.20. The van der Waals surface area contributed by atoms with Crippen LogP contribution in [0.3, 0.4) is 0 Å². The second-order valence-electron chi connectivity index (χ2n) is 3.20. The van der Waals surface area contributed by atoms with Crippen LogP contribution in [0.5, 0.6) is 0 Å². The van der Waals surface area contributed by atoms with Gasteiger partial charge in [-0.3, -0.25) is 0 Å². The van der Waals surface area contributed by atoms with Crippen molar-refractivity contribution >= 4 is 5.82 Å². The van der Waals surface area contributed by atoms with Crippen LogP contribution in [-0.2, 0) is 0 Å². The molecule has 1 aromatic heterocycles. The zero-order chi connectivity index (χ0) is 11.1. The van der Waals surface area contributed by atoms with Gasteiger partial charge in [0.1, 0.15) is 11.9 Å². The van der Waals surface area contributed by atoms with Gasteiger partial charge < -0.3 is 10.2 Å². The van der Waals surface area contributed by atoms with Crippen molar-refractivity contribution in [2.75, 3.05) is 31.6 Å². The van der Waals surface area contributed by atoms with E-state index in [1.807, 2.05) is 13.1 Å². The normalized spacial score (nSPS) is 9.67. The summed E-state index contributed by atoms with van der Waals surface area (Å²) in [6, 6.07) is 5.74. The van der Waals surface area contributed by atoms with Gasteiger partial charge in [-0.25, -0.2) is 4.98 Å². The molecule has 0 saturated heterocycles. The molecule has 15 heavy (non-hydrogen) atoms. The Balaban J connectivity index is 2.70. The average Bonchev–Trinajstić information content (AvgIpc) is 2.31. The van der Waals surface area contributed by atoms with Crippen LogP contribution in [-0.4, -0.2) is 31.7 Å². The monoisotopic (exact) mass is 204 g/mol. The Hall–Kier alpha value is -1.60. The third-order valence-electron chi connectivity index (χ3n) is 2.21. The number of rotatable bonds is 5. The molecule has 4 heteroatoms. The molecule has 0 aliphatic carbocycles. The SMILES string of the molecule is CCN(CCNC)c1ccc(C#N)cn1. The van der Waals surface area contributed by atoms with Crippen LogP contribution < -0.4 is 10.2 Å². The first-order chi connectivity index (χ1) is 7.31. The van der Waals surface area contributed by atoms with Gasteiger partial charge in [0.2, 0.25) is 0 Å². The molecule has 1 aromatic rings. The third kappa shape index (κ3) is 3.22. The number of nitriles is 1. The topological polar surface area (TPSA) is 52.0 Å². The van der Waals surface area contributed by atoms with Gasteiger partial charge in [0.25, 0.3) is 0 Å².